The van der Waals surface area contributed by atoms with Crippen LogP contribution in [0.15, 0.2) is 92.4 Å². The average molecular weight is 326 g/mol. The minimum atomic E-state index is 0.171. The molecule has 2 N–H and O–H groups in total. The first kappa shape index (κ1) is 14.9. The van der Waals surface area contributed by atoms with E-state index in [4.69, 9.17) is 0 Å². The van der Waals surface area contributed by atoms with E-state index in [0.717, 1.165) is 9.79 Å². The van der Waals surface area contributed by atoms with E-state index in [2.05, 4.69) is 0 Å². The maximum absolute atomic E-state index is 10.2. The number of phenols is 2. The third-order valence-corrected chi connectivity index (χ3v) is 5.09. The van der Waals surface area contributed by atoms with Crippen LogP contribution in [0.2, 0.25) is 0 Å². The molecule has 0 amide bonds. The highest BCUT2D eigenvalue weighted by atomic mass is 32.2. The van der Waals surface area contributed by atoms with E-state index in [1.807, 2.05) is 60.7 Å². The molecular formula is C18H14O2S2. The second-order valence-corrected chi connectivity index (χ2v) is 6.85. The Bertz CT molecular complexity index is 692. The van der Waals surface area contributed by atoms with Crippen molar-refractivity contribution < 1.29 is 10.2 Å². The summed E-state index contributed by atoms with van der Waals surface area (Å²) in [5.41, 5.74) is 0. The standard InChI is InChI=1S/C18H14O2S2/c19-15-12-18(22-14-9-5-2-6-10-14)16(20)11-17(15)21-13-7-3-1-4-8-13/h1-12,19-20H. The van der Waals surface area contributed by atoms with Crippen LogP contribution in [0.5, 0.6) is 11.5 Å². The van der Waals surface area contributed by atoms with Crippen LogP contribution < -0.4 is 0 Å². The van der Waals surface area contributed by atoms with Crippen molar-refractivity contribution in [2.75, 3.05) is 0 Å². The van der Waals surface area contributed by atoms with Gasteiger partial charge in [-0.05, 0) is 36.4 Å². The maximum atomic E-state index is 10.2. The van der Waals surface area contributed by atoms with Gasteiger partial charge in [0, 0.05) is 9.79 Å². The van der Waals surface area contributed by atoms with Gasteiger partial charge in [0.2, 0.25) is 0 Å². The van der Waals surface area contributed by atoms with Gasteiger partial charge < -0.3 is 10.2 Å². The van der Waals surface area contributed by atoms with Crippen LogP contribution in [0.1, 0.15) is 0 Å². The number of benzene rings is 3. The summed E-state index contributed by atoms with van der Waals surface area (Å²) in [5, 5.41) is 20.4. The van der Waals surface area contributed by atoms with E-state index in [1.165, 1.54) is 23.5 Å². The van der Waals surface area contributed by atoms with E-state index in [1.54, 1.807) is 12.1 Å². The van der Waals surface area contributed by atoms with Crippen LogP contribution in [-0.2, 0) is 0 Å². The van der Waals surface area contributed by atoms with Gasteiger partial charge in [0.1, 0.15) is 11.5 Å². The number of aromatic hydroxyl groups is 2. The summed E-state index contributed by atoms with van der Waals surface area (Å²) >= 11 is 2.85. The molecule has 0 radical (unpaired) electrons. The first-order valence-electron chi connectivity index (χ1n) is 6.74. The Morgan fingerprint density at radius 3 is 1.27 bits per heavy atom. The smallest absolute Gasteiger partial charge is 0.130 e. The molecule has 0 fully saturated rings. The van der Waals surface area contributed by atoms with Crippen LogP contribution in [0, 0.1) is 0 Å². The average Bonchev–Trinajstić information content (AvgIpc) is 2.54. The Hall–Kier alpha value is -2.04. The molecule has 3 aromatic rings. The molecule has 0 aliphatic carbocycles. The predicted octanol–water partition coefficient (Wildman–Crippen LogP) is 5.40. The zero-order valence-electron chi connectivity index (χ0n) is 11.6. The fourth-order valence-corrected chi connectivity index (χ4v) is 3.70. The lowest BCUT2D eigenvalue weighted by atomic mass is 10.3. The molecule has 22 heavy (non-hydrogen) atoms. The number of phenolic OH excluding ortho intramolecular Hbond substituents is 2. The summed E-state index contributed by atoms with van der Waals surface area (Å²) in [7, 11) is 0. The molecule has 0 unspecified atom stereocenters. The van der Waals surface area contributed by atoms with Gasteiger partial charge in [0.25, 0.3) is 0 Å². The third-order valence-electron chi connectivity index (χ3n) is 2.98. The summed E-state index contributed by atoms with van der Waals surface area (Å²) in [5.74, 6) is 0.343. The molecule has 3 aromatic carbocycles. The van der Waals surface area contributed by atoms with Crippen LogP contribution >= 0.6 is 23.5 Å². The second-order valence-electron chi connectivity index (χ2n) is 4.62. The van der Waals surface area contributed by atoms with Crippen molar-refractivity contribution in [2.24, 2.45) is 0 Å². The van der Waals surface area contributed by atoms with E-state index < -0.39 is 0 Å². The summed E-state index contributed by atoms with van der Waals surface area (Å²) in [4.78, 5) is 3.31. The third kappa shape index (κ3) is 3.59. The molecule has 3 rings (SSSR count). The van der Waals surface area contributed by atoms with E-state index in [0.29, 0.717) is 9.79 Å². The molecule has 0 aliphatic heterocycles. The minimum Gasteiger partial charge on any atom is -0.507 e. The SMILES string of the molecule is Oc1cc(Sc2ccccc2)c(O)cc1Sc1ccccc1. The van der Waals surface area contributed by atoms with Gasteiger partial charge in [-0.15, -0.1) is 0 Å². The summed E-state index contributed by atoms with van der Waals surface area (Å²) < 4.78 is 0. The van der Waals surface area contributed by atoms with Crippen molar-refractivity contribution in [1.82, 2.24) is 0 Å². The number of rotatable bonds is 4. The van der Waals surface area contributed by atoms with Crippen molar-refractivity contribution in [3.8, 4) is 11.5 Å². The van der Waals surface area contributed by atoms with Crippen LogP contribution in [0.3, 0.4) is 0 Å². The molecule has 0 spiro atoms. The highest BCUT2D eigenvalue weighted by Gasteiger charge is 2.11. The Morgan fingerprint density at radius 1 is 0.545 bits per heavy atom. The Balaban J connectivity index is 1.85. The van der Waals surface area contributed by atoms with Gasteiger partial charge in [0.05, 0.1) is 9.79 Å². The summed E-state index contributed by atoms with van der Waals surface area (Å²) in [6.45, 7) is 0. The molecule has 0 aliphatic rings. The minimum absolute atomic E-state index is 0.171. The van der Waals surface area contributed by atoms with Crippen molar-refractivity contribution in [1.29, 1.82) is 0 Å². The fourth-order valence-electron chi connectivity index (χ4n) is 1.93. The molecule has 110 valence electrons. The quantitative estimate of drug-likeness (QED) is 0.630. The van der Waals surface area contributed by atoms with Gasteiger partial charge in [0.15, 0.2) is 0 Å². The Morgan fingerprint density at radius 2 is 0.909 bits per heavy atom. The van der Waals surface area contributed by atoms with Gasteiger partial charge in [-0.3, -0.25) is 0 Å². The second kappa shape index (κ2) is 6.81. The van der Waals surface area contributed by atoms with Gasteiger partial charge in [-0.25, -0.2) is 0 Å². The lowest BCUT2D eigenvalue weighted by Gasteiger charge is -2.09. The lowest BCUT2D eigenvalue weighted by molar-refractivity contribution is 0.438. The maximum Gasteiger partial charge on any atom is 0.130 e. The van der Waals surface area contributed by atoms with Crippen LogP contribution in [0.4, 0.5) is 0 Å². The van der Waals surface area contributed by atoms with Gasteiger partial charge in [-0.2, -0.15) is 0 Å². The largest absolute Gasteiger partial charge is 0.507 e. The molecule has 0 atom stereocenters. The first-order chi connectivity index (χ1) is 10.7. The Kier molecular flexibility index (Phi) is 4.61. The zero-order chi connectivity index (χ0) is 15.4. The van der Waals surface area contributed by atoms with E-state index >= 15 is 0 Å². The molecular weight excluding hydrogens is 312 g/mol. The first-order valence-corrected chi connectivity index (χ1v) is 8.37. The molecule has 0 aromatic heterocycles. The predicted molar refractivity (Wildman–Crippen MR) is 90.9 cm³/mol. The molecule has 4 heteroatoms. The lowest BCUT2D eigenvalue weighted by Crippen LogP contribution is -1.80. The zero-order valence-corrected chi connectivity index (χ0v) is 13.3. The van der Waals surface area contributed by atoms with Crippen molar-refractivity contribution in [3.63, 3.8) is 0 Å². The molecule has 0 saturated heterocycles. The molecule has 2 nitrogen and oxygen atoms in total. The van der Waals surface area contributed by atoms with Crippen molar-refractivity contribution in [2.45, 2.75) is 19.6 Å². The number of hydrogen-bond donors (Lipinski definition) is 2. The van der Waals surface area contributed by atoms with Crippen molar-refractivity contribution in [3.05, 3.63) is 72.8 Å². The summed E-state index contributed by atoms with van der Waals surface area (Å²) in [6, 6.07) is 22.7. The number of hydrogen-bond acceptors (Lipinski definition) is 4. The fraction of sp³-hybridized carbons (Fsp3) is 0. The van der Waals surface area contributed by atoms with Gasteiger partial charge in [-0.1, -0.05) is 59.9 Å². The monoisotopic (exact) mass is 326 g/mol. The van der Waals surface area contributed by atoms with Gasteiger partial charge >= 0.3 is 0 Å². The van der Waals surface area contributed by atoms with Crippen molar-refractivity contribution >= 4 is 23.5 Å². The van der Waals surface area contributed by atoms with Crippen LogP contribution in [-0.4, -0.2) is 10.2 Å². The van der Waals surface area contributed by atoms with Crippen LogP contribution in [0.25, 0.3) is 0 Å². The molecule has 0 saturated carbocycles. The molecule has 0 heterocycles. The highest BCUT2D eigenvalue weighted by molar-refractivity contribution is 8.00. The highest BCUT2D eigenvalue weighted by Crippen LogP contribution is 2.43. The normalized spacial score (nSPS) is 10.5. The molecule has 0 bridgehead atoms. The summed E-state index contributed by atoms with van der Waals surface area (Å²) in [6.07, 6.45) is 0. The Labute approximate surface area is 137 Å². The van der Waals surface area contributed by atoms with E-state index in [9.17, 15) is 10.2 Å². The van der Waals surface area contributed by atoms with E-state index in [-0.39, 0.29) is 11.5 Å². The topological polar surface area (TPSA) is 40.5 Å².